The molecule has 0 atom stereocenters. The Hall–Kier alpha value is -2.78. The first kappa shape index (κ1) is 22.0. The highest BCUT2D eigenvalue weighted by molar-refractivity contribution is 7.27. The Morgan fingerprint density at radius 1 is 0.818 bits per heavy atom. The third-order valence-electron chi connectivity index (χ3n) is 6.24. The SMILES string of the molecule is Cc1cc(C)cc(-c2nnc(C(C)C)c3c2sc2c4ccc(CC(C)(C)C)cc4ccc23)c1. The highest BCUT2D eigenvalue weighted by Crippen LogP contribution is 2.44. The molecule has 168 valence electrons. The van der Waals surface area contributed by atoms with Crippen molar-refractivity contribution in [2.24, 2.45) is 5.41 Å². The third-order valence-corrected chi connectivity index (χ3v) is 7.49. The van der Waals surface area contributed by atoms with Gasteiger partial charge in [0, 0.05) is 21.0 Å². The molecule has 3 aromatic carbocycles. The van der Waals surface area contributed by atoms with E-state index in [9.17, 15) is 0 Å². The van der Waals surface area contributed by atoms with Crippen LogP contribution in [0.15, 0.2) is 48.5 Å². The molecular weight excluding hydrogens is 420 g/mol. The normalized spacial score (nSPS) is 12.5. The van der Waals surface area contributed by atoms with E-state index in [4.69, 9.17) is 10.2 Å². The fraction of sp³-hybridized carbons (Fsp3) is 0.333. The van der Waals surface area contributed by atoms with Crippen molar-refractivity contribution < 1.29 is 0 Å². The first-order valence-electron chi connectivity index (χ1n) is 11.8. The summed E-state index contributed by atoms with van der Waals surface area (Å²) >= 11 is 1.87. The molecule has 3 heteroatoms. The van der Waals surface area contributed by atoms with Crippen LogP contribution in [-0.2, 0) is 6.42 Å². The number of rotatable bonds is 3. The highest BCUT2D eigenvalue weighted by atomic mass is 32.1. The van der Waals surface area contributed by atoms with Gasteiger partial charge in [-0.2, -0.15) is 5.10 Å². The van der Waals surface area contributed by atoms with Gasteiger partial charge in [0.15, 0.2) is 0 Å². The summed E-state index contributed by atoms with van der Waals surface area (Å²) in [5, 5.41) is 14.7. The summed E-state index contributed by atoms with van der Waals surface area (Å²) in [5.41, 5.74) is 7.44. The monoisotopic (exact) mass is 452 g/mol. The number of aromatic nitrogens is 2. The van der Waals surface area contributed by atoms with E-state index in [0.717, 1.165) is 23.4 Å². The molecule has 0 bridgehead atoms. The van der Waals surface area contributed by atoms with Crippen LogP contribution >= 0.6 is 11.3 Å². The average molecular weight is 453 g/mol. The maximum Gasteiger partial charge on any atom is 0.111 e. The quantitative estimate of drug-likeness (QED) is 0.273. The molecule has 0 saturated carbocycles. The topological polar surface area (TPSA) is 25.8 Å². The van der Waals surface area contributed by atoms with Crippen molar-refractivity contribution in [3.05, 3.63) is 70.9 Å². The zero-order chi connectivity index (χ0) is 23.5. The minimum absolute atomic E-state index is 0.278. The van der Waals surface area contributed by atoms with Gasteiger partial charge in [-0.15, -0.1) is 16.4 Å². The standard InChI is InChI=1S/C30H32N2S/c1-17(2)26-25-24-11-9-21-15-20(16-30(5,6)7)8-10-23(21)28(24)33-29(25)27(32-31-26)22-13-18(3)12-19(4)14-22/h8-15,17H,16H2,1-7H3. The van der Waals surface area contributed by atoms with Gasteiger partial charge in [0.05, 0.1) is 10.4 Å². The maximum atomic E-state index is 4.77. The lowest BCUT2D eigenvalue weighted by molar-refractivity contribution is 0.411. The Kier molecular flexibility index (Phi) is 5.29. The Labute approximate surface area is 200 Å². The van der Waals surface area contributed by atoms with E-state index in [2.05, 4.69) is 97.0 Å². The number of thiophene rings is 1. The molecule has 0 aliphatic heterocycles. The molecule has 0 N–H and O–H groups in total. The third kappa shape index (κ3) is 4.04. The molecule has 0 aliphatic carbocycles. The summed E-state index contributed by atoms with van der Waals surface area (Å²) in [7, 11) is 0. The van der Waals surface area contributed by atoms with Crippen LogP contribution < -0.4 is 0 Å². The molecule has 0 aliphatic rings. The van der Waals surface area contributed by atoms with Crippen molar-refractivity contribution >= 4 is 42.3 Å². The molecule has 5 aromatic rings. The maximum absolute atomic E-state index is 4.77. The lowest BCUT2D eigenvalue weighted by atomic mass is 9.87. The van der Waals surface area contributed by atoms with Crippen molar-refractivity contribution in [2.75, 3.05) is 0 Å². The minimum Gasteiger partial charge on any atom is -0.154 e. The highest BCUT2D eigenvalue weighted by Gasteiger charge is 2.20. The van der Waals surface area contributed by atoms with E-state index in [1.807, 2.05) is 11.3 Å². The molecule has 0 spiro atoms. The molecule has 0 radical (unpaired) electrons. The van der Waals surface area contributed by atoms with Gasteiger partial charge >= 0.3 is 0 Å². The van der Waals surface area contributed by atoms with Gasteiger partial charge in [0.2, 0.25) is 0 Å². The summed E-state index contributed by atoms with van der Waals surface area (Å²) in [6, 6.07) is 18.3. The summed E-state index contributed by atoms with van der Waals surface area (Å²) in [6.07, 6.45) is 1.08. The summed E-state index contributed by atoms with van der Waals surface area (Å²) in [5.74, 6) is 0.316. The predicted molar refractivity (Wildman–Crippen MR) is 145 cm³/mol. The Balaban J connectivity index is 1.82. The van der Waals surface area contributed by atoms with Crippen molar-refractivity contribution in [3.63, 3.8) is 0 Å². The van der Waals surface area contributed by atoms with Crippen LogP contribution in [0.25, 0.3) is 42.2 Å². The fourth-order valence-electron chi connectivity index (χ4n) is 4.98. The van der Waals surface area contributed by atoms with Gasteiger partial charge < -0.3 is 0 Å². The van der Waals surface area contributed by atoms with E-state index in [1.165, 1.54) is 47.6 Å². The van der Waals surface area contributed by atoms with E-state index in [1.54, 1.807) is 0 Å². The second kappa shape index (κ2) is 7.92. The summed E-state index contributed by atoms with van der Waals surface area (Å²) in [4.78, 5) is 0. The molecule has 0 fully saturated rings. The second-order valence-corrected chi connectivity index (χ2v) is 12.0. The molecule has 5 rings (SSSR count). The van der Waals surface area contributed by atoms with Gasteiger partial charge in [-0.1, -0.05) is 82.1 Å². The number of hydrogen-bond donors (Lipinski definition) is 0. The second-order valence-electron chi connectivity index (χ2n) is 11.0. The molecule has 0 saturated heterocycles. The van der Waals surface area contributed by atoms with Gasteiger partial charge in [-0.3, -0.25) is 0 Å². The van der Waals surface area contributed by atoms with Crippen LogP contribution in [0.1, 0.15) is 62.9 Å². The van der Waals surface area contributed by atoms with Crippen LogP contribution in [0, 0.1) is 19.3 Å². The van der Waals surface area contributed by atoms with Crippen LogP contribution in [0.5, 0.6) is 0 Å². The van der Waals surface area contributed by atoms with Crippen molar-refractivity contribution in [1.82, 2.24) is 10.2 Å². The van der Waals surface area contributed by atoms with E-state index in [-0.39, 0.29) is 5.41 Å². The lowest BCUT2D eigenvalue weighted by Gasteiger charge is -2.18. The first-order chi connectivity index (χ1) is 15.6. The van der Waals surface area contributed by atoms with Crippen LogP contribution in [0.3, 0.4) is 0 Å². The Bertz CT molecular complexity index is 1500. The number of nitrogens with zero attached hydrogens (tertiary/aromatic N) is 2. The first-order valence-corrected chi connectivity index (χ1v) is 12.7. The van der Waals surface area contributed by atoms with E-state index in [0.29, 0.717) is 5.92 Å². The Morgan fingerprint density at radius 2 is 1.52 bits per heavy atom. The van der Waals surface area contributed by atoms with Crippen molar-refractivity contribution in [3.8, 4) is 11.3 Å². The molecule has 33 heavy (non-hydrogen) atoms. The van der Waals surface area contributed by atoms with Crippen LogP contribution in [0.4, 0.5) is 0 Å². The van der Waals surface area contributed by atoms with Crippen molar-refractivity contribution in [1.29, 1.82) is 0 Å². The lowest BCUT2D eigenvalue weighted by Crippen LogP contribution is -2.08. The van der Waals surface area contributed by atoms with Gasteiger partial charge in [0.1, 0.15) is 5.69 Å². The van der Waals surface area contributed by atoms with Crippen LogP contribution in [0.2, 0.25) is 0 Å². The fourth-order valence-corrected chi connectivity index (χ4v) is 6.33. The number of fused-ring (bicyclic) bond motifs is 5. The largest absolute Gasteiger partial charge is 0.154 e. The van der Waals surface area contributed by atoms with Gasteiger partial charge in [-0.05, 0) is 60.1 Å². The molecular formula is C30H32N2S. The predicted octanol–water partition coefficient (Wildman–Crippen LogP) is 8.99. The number of aryl methyl sites for hydroxylation is 2. The number of benzene rings is 3. The smallest absolute Gasteiger partial charge is 0.111 e. The molecule has 0 amide bonds. The molecule has 2 nitrogen and oxygen atoms in total. The van der Waals surface area contributed by atoms with E-state index >= 15 is 0 Å². The van der Waals surface area contributed by atoms with E-state index < -0.39 is 0 Å². The number of hydrogen-bond acceptors (Lipinski definition) is 3. The van der Waals surface area contributed by atoms with Gasteiger partial charge in [-0.25, -0.2) is 0 Å². The molecule has 2 heterocycles. The zero-order valence-electron chi connectivity index (χ0n) is 20.7. The summed E-state index contributed by atoms with van der Waals surface area (Å²) < 4.78 is 2.59. The summed E-state index contributed by atoms with van der Waals surface area (Å²) in [6.45, 7) is 15.6. The van der Waals surface area contributed by atoms with Gasteiger partial charge in [0.25, 0.3) is 0 Å². The molecule has 2 aromatic heterocycles. The zero-order valence-corrected chi connectivity index (χ0v) is 21.5. The average Bonchev–Trinajstić information content (AvgIpc) is 3.10. The molecule has 0 unspecified atom stereocenters. The van der Waals surface area contributed by atoms with Crippen LogP contribution in [-0.4, -0.2) is 10.2 Å². The van der Waals surface area contributed by atoms with Crippen molar-refractivity contribution in [2.45, 2.75) is 60.8 Å². The minimum atomic E-state index is 0.278. The Morgan fingerprint density at radius 3 is 2.18 bits per heavy atom.